The Labute approximate surface area is 94.7 Å². The van der Waals surface area contributed by atoms with Crippen LogP contribution in [0.2, 0.25) is 0 Å². The lowest BCUT2D eigenvalue weighted by Gasteiger charge is -2.15. The van der Waals surface area contributed by atoms with Gasteiger partial charge in [-0.05, 0) is 25.5 Å². The van der Waals surface area contributed by atoms with Crippen LogP contribution < -0.4 is 0 Å². The molecule has 1 aromatic rings. The first kappa shape index (κ1) is 12.4. The standard InChI is InChI=1S/C13H14FO2/c1-3-16-12(15)9-10-13(2,14)11-7-5-4-6-8-11/h4-10H,2-3H2,1H3. The Bertz CT molecular complexity index is 369. The molecule has 0 heterocycles. The first-order valence-corrected chi connectivity index (χ1v) is 5.02. The van der Waals surface area contributed by atoms with Crippen molar-refractivity contribution in [3.8, 4) is 0 Å². The number of halogens is 1. The molecule has 2 nitrogen and oxygen atoms in total. The van der Waals surface area contributed by atoms with Gasteiger partial charge in [-0.2, -0.15) is 0 Å². The van der Waals surface area contributed by atoms with Gasteiger partial charge < -0.3 is 4.74 Å². The Morgan fingerprint density at radius 3 is 2.69 bits per heavy atom. The quantitative estimate of drug-likeness (QED) is 0.577. The first-order valence-electron chi connectivity index (χ1n) is 5.02. The van der Waals surface area contributed by atoms with Crippen LogP contribution in [-0.2, 0) is 15.2 Å². The van der Waals surface area contributed by atoms with Crippen molar-refractivity contribution in [3.05, 3.63) is 55.0 Å². The summed E-state index contributed by atoms with van der Waals surface area (Å²) in [5.41, 5.74) is -1.51. The summed E-state index contributed by atoms with van der Waals surface area (Å²) in [5, 5.41) is 0. The number of esters is 1. The molecule has 0 aliphatic rings. The average Bonchev–Trinajstić information content (AvgIpc) is 2.28. The molecule has 0 aliphatic carbocycles. The van der Waals surface area contributed by atoms with Crippen molar-refractivity contribution >= 4 is 5.97 Å². The monoisotopic (exact) mass is 221 g/mol. The van der Waals surface area contributed by atoms with Crippen molar-refractivity contribution in [2.45, 2.75) is 12.6 Å². The molecule has 1 unspecified atom stereocenters. The molecule has 1 radical (unpaired) electrons. The molecule has 0 saturated heterocycles. The third-order valence-corrected chi connectivity index (χ3v) is 2.02. The van der Waals surface area contributed by atoms with E-state index >= 15 is 0 Å². The molecule has 1 aromatic carbocycles. The lowest BCUT2D eigenvalue weighted by Crippen LogP contribution is -2.13. The fourth-order valence-corrected chi connectivity index (χ4v) is 1.20. The molecule has 0 saturated carbocycles. The zero-order valence-electron chi connectivity index (χ0n) is 9.15. The minimum absolute atomic E-state index is 0.269. The highest BCUT2D eigenvalue weighted by atomic mass is 19.1. The fraction of sp³-hybridized carbons (Fsp3) is 0.231. The number of rotatable bonds is 4. The fourth-order valence-electron chi connectivity index (χ4n) is 1.20. The van der Waals surface area contributed by atoms with E-state index in [9.17, 15) is 9.18 Å². The topological polar surface area (TPSA) is 26.3 Å². The summed E-state index contributed by atoms with van der Waals surface area (Å²) in [6, 6.07) is 8.44. The van der Waals surface area contributed by atoms with Crippen LogP contribution in [-0.4, -0.2) is 12.6 Å². The third kappa shape index (κ3) is 3.50. The summed E-state index contributed by atoms with van der Waals surface area (Å²) in [4.78, 5) is 11.0. The second kappa shape index (κ2) is 5.45. The molecule has 0 bridgehead atoms. The van der Waals surface area contributed by atoms with Gasteiger partial charge in [-0.15, -0.1) is 0 Å². The van der Waals surface area contributed by atoms with Crippen molar-refractivity contribution in [1.82, 2.24) is 0 Å². The van der Waals surface area contributed by atoms with Crippen LogP contribution in [0, 0.1) is 6.92 Å². The van der Waals surface area contributed by atoms with Crippen molar-refractivity contribution in [2.24, 2.45) is 0 Å². The lowest BCUT2D eigenvalue weighted by atomic mass is 9.97. The van der Waals surface area contributed by atoms with Crippen LogP contribution in [0.3, 0.4) is 0 Å². The molecule has 0 spiro atoms. The number of allylic oxidation sites excluding steroid dienone is 1. The largest absolute Gasteiger partial charge is 0.463 e. The molecule has 0 amide bonds. The Hall–Kier alpha value is -1.64. The number of hydrogen-bond donors (Lipinski definition) is 0. The van der Waals surface area contributed by atoms with Crippen LogP contribution >= 0.6 is 0 Å². The predicted molar refractivity (Wildman–Crippen MR) is 60.4 cm³/mol. The molecule has 3 heteroatoms. The van der Waals surface area contributed by atoms with E-state index in [0.717, 1.165) is 12.2 Å². The summed E-state index contributed by atoms with van der Waals surface area (Å²) in [6.07, 6.45) is 2.16. The number of ether oxygens (including phenoxy) is 1. The normalized spacial score (nSPS) is 14.7. The lowest BCUT2D eigenvalue weighted by molar-refractivity contribution is -0.137. The zero-order chi connectivity index (χ0) is 12.0. The second-order valence-electron chi connectivity index (χ2n) is 3.31. The van der Waals surface area contributed by atoms with E-state index in [1.54, 1.807) is 37.3 Å². The van der Waals surface area contributed by atoms with Gasteiger partial charge in [-0.25, -0.2) is 9.18 Å². The number of alkyl halides is 1. The summed E-state index contributed by atoms with van der Waals surface area (Å²) in [5.74, 6) is -0.566. The number of benzene rings is 1. The van der Waals surface area contributed by atoms with Gasteiger partial charge >= 0.3 is 5.97 Å². The van der Waals surface area contributed by atoms with Crippen LogP contribution in [0.5, 0.6) is 0 Å². The van der Waals surface area contributed by atoms with Gasteiger partial charge in [0.05, 0.1) is 6.61 Å². The van der Waals surface area contributed by atoms with Gasteiger partial charge in [0.1, 0.15) is 0 Å². The van der Waals surface area contributed by atoms with Crippen molar-refractivity contribution < 1.29 is 13.9 Å². The van der Waals surface area contributed by atoms with Crippen molar-refractivity contribution in [3.63, 3.8) is 0 Å². The molecular formula is C13H14FO2. The molecule has 0 aromatic heterocycles. The Morgan fingerprint density at radius 2 is 2.12 bits per heavy atom. The van der Waals surface area contributed by atoms with E-state index in [4.69, 9.17) is 0 Å². The molecule has 0 aliphatic heterocycles. The molecule has 85 valence electrons. The smallest absolute Gasteiger partial charge is 0.330 e. The Kier molecular flexibility index (Phi) is 4.23. The van der Waals surface area contributed by atoms with Gasteiger partial charge in [0.15, 0.2) is 5.67 Å². The summed E-state index contributed by atoms with van der Waals surface area (Å²) in [6.45, 7) is 5.37. The maximum Gasteiger partial charge on any atom is 0.330 e. The first-order chi connectivity index (χ1) is 7.56. The minimum Gasteiger partial charge on any atom is -0.463 e. The van der Waals surface area contributed by atoms with Gasteiger partial charge in [0, 0.05) is 6.08 Å². The van der Waals surface area contributed by atoms with Gasteiger partial charge in [-0.1, -0.05) is 30.3 Å². The van der Waals surface area contributed by atoms with Crippen LogP contribution in [0.1, 0.15) is 12.5 Å². The molecule has 0 fully saturated rings. The molecule has 0 N–H and O–H groups in total. The van der Waals surface area contributed by atoms with Gasteiger partial charge in [0.25, 0.3) is 0 Å². The van der Waals surface area contributed by atoms with Crippen LogP contribution in [0.4, 0.5) is 4.39 Å². The van der Waals surface area contributed by atoms with Crippen LogP contribution in [0.25, 0.3) is 0 Å². The summed E-state index contributed by atoms with van der Waals surface area (Å²) < 4.78 is 18.7. The minimum atomic E-state index is -1.91. The second-order valence-corrected chi connectivity index (χ2v) is 3.31. The highest BCUT2D eigenvalue weighted by Crippen LogP contribution is 2.26. The summed E-state index contributed by atoms with van der Waals surface area (Å²) in [7, 11) is 0. The molecule has 1 atom stereocenters. The van der Waals surface area contributed by atoms with Crippen LogP contribution in [0.15, 0.2) is 42.5 Å². The maximum absolute atomic E-state index is 14.0. The van der Waals surface area contributed by atoms with E-state index in [1.807, 2.05) is 0 Å². The van der Waals surface area contributed by atoms with Gasteiger partial charge in [0.2, 0.25) is 0 Å². The zero-order valence-corrected chi connectivity index (χ0v) is 9.15. The highest BCUT2D eigenvalue weighted by molar-refractivity contribution is 5.82. The van der Waals surface area contributed by atoms with E-state index in [1.165, 1.54) is 0 Å². The number of carbonyl (C=O) groups excluding carboxylic acids is 1. The number of hydrogen-bond acceptors (Lipinski definition) is 2. The molecule has 1 rings (SSSR count). The van der Waals surface area contributed by atoms with E-state index < -0.39 is 11.6 Å². The predicted octanol–water partition coefficient (Wildman–Crippen LogP) is 2.80. The van der Waals surface area contributed by atoms with E-state index in [2.05, 4.69) is 11.7 Å². The van der Waals surface area contributed by atoms with Gasteiger partial charge in [-0.3, -0.25) is 0 Å². The number of carbonyl (C=O) groups is 1. The third-order valence-electron chi connectivity index (χ3n) is 2.02. The SMILES string of the molecule is [CH2]C(F)(C=CC(=O)OCC)c1ccccc1. The van der Waals surface area contributed by atoms with E-state index in [0.29, 0.717) is 5.56 Å². The molecule has 16 heavy (non-hydrogen) atoms. The highest BCUT2D eigenvalue weighted by Gasteiger charge is 2.22. The summed E-state index contributed by atoms with van der Waals surface area (Å²) >= 11 is 0. The Balaban J connectivity index is 2.76. The Morgan fingerprint density at radius 1 is 1.50 bits per heavy atom. The van der Waals surface area contributed by atoms with Crippen molar-refractivity contribution in [2.75, 3.05) is 6.61 Å². The maximum atomic E-state index is 14.0. The average molecular weight is 221 g/mol. The van der Waals surface area contributed by atoms with E-state index in [-0.39, 0.29) is 6.61 Å². The van der Waals surface area contributed by atoms with Crippen molar-refractivity contribution in [1.29, 1.82) is 0 Å². The molecular weight excluding hydrogens is 207 g/mol.